The Kier molecular flexibility index (Phi) is 13.8. The average Bonchev–Trinajstić information content (AvgIpc) is 1.54. The quantitative estimate of drug-likeness (QED) is 0.151. The van der Waals surface area contributed by atoms with Crippen molar-refractivity contribution < 1.29 is 0 Å². The van der Waals surface area contributed by atoms with E-state index in [1.165, 1.54) is 111 Å². The van der Waals surface area contributed by atoms with Crippen LogP contribution in [0.15, 0.2) is 340 Å². The highest BCUT2D eigenvalue weighted by molar-refractivity contribution is 7.27. The summed E-state index contributed by atoms with van der Waals surface area (Å²) in [6.45, 7) is 0. The third-order valence-corrected chi connectivity index (χ3v) is 22.8. The van der Waals surface area contributed by atoms with Gasteiger partial charge in [0.25, 0.3) is 0 Å². The predicted octanol–water partition coefficient (Wildman–Crippen LogP) is 25.3. The fraction of sp³-hybridized carbons (Fsp3) is 0. The summed E-state index contributed by atoms with van der Waals surface area (Å²) in [6, 6.07) is 116. The second kappa shape index (κ2) is 24.2. The van der Waals surface area contributed by atoms with Gasteiger partial charge in [0.05, 0.1) is 33.1 Å². The maximum absolute atomic E-state index is 5.27. The number of pyridine rings is 2. The number of hydrogen-bond acceptors (Lipinski definition) is 8. The number of hydrogen-bond donors (Lipinski definition) is 0. The van der Waals surface area contributed by atoms with E-state index in [1.807, 2.05) is 71.5 Å². The molecule has 0 aliphatic carbocycles. The number of fused-ring (bicyclic) bond motifs is 22. The van der Waals surface area contributed by atoms with E-state index in [4.69, 9.17) is 29.9 Å². The van der Waals surface area contributed by atoms with Crippen LogP contribution in [0, 0.1) is 0 Å². The molecule has 14 aromatic carbocycles. The molecule has 0 N–H and O–H groups in total. The minimum absolute atomic E-state index is 0.666. The summed E-state index contributed by atoms with van der Waals surface area (Å²) >= 11 is 3.76. The largest absolute Gasteiger partial charge is 0.309 e. The van der Waals surface area contributed by atoms with Gasteiger partial charge in [-0.1, -0.05) is 249 Å². The van der Waals surface area contributed by atoms with Crippen LogP contribution in [0.2, 0.25) is 0 Å². The van der Waals surface area contributed by atoms with E-state index in [0.29, 0.717) is 11.6 Å². The Hall–Kier alpha value is -13.4. The Morgan fingerprint density at radius 3 is 1.12 bits per heavy atom. The van der Waals surface area contributed by atoms with Gasteiger partial charge in [0.1, 0.15) is 22.4 Å². The molecule has 8 heterocycles. The van der Waals surface area contributed by atoms with E-state index in [0.717, 1.165) is 83.8 Å². The van der Waals surface area contributed by atoms with Gasteiger partial charge in [0.15, 0.2) is 11.6 Å². The van der Waals surface area contributed by atoms with Gasteiger partial charge in [0, 0.05) is 119 Å². The second-order valence-corrected chi connectivity index (χ2v) is 28.5. The molecule has 0 aliphatic heterocycles. The molecule has 0 unspecified atom stereocenters. The molecule has 0 aliphatic rings. The van der Waals surface area contributed by atoms with Crippen molar-refractivity contribution in [3.05, 3.63) is 340 Å². The molecule has 0 radical (unpaired) electrons. The Labute approximate surface area is 604 Å². The summed E-state index contributed by atoms with van der Waals surface area (Å²) in [5, 5.41) is 15.3. The maximum Gasteiger partial charge on any atom is 0.160 e. The molecule has 8 aromatic heterocycles. The molecular formula is C94H56N8S2. The van der Waals surface area contributed by atoms with Gasteiger partial charge in [-0.15, -0.1) is 22.7 Å². The van der Waals surface area contributed by atoms with E-state index in [-0.39, 0.29) is 0 Å². The van der Waals surface area contributed by atoms with Crippen molar-refractivity contribution in [1.82, 2.24) is 39.0 Å². The molecular weight excluding hydrogens is 1310 g/mol. The number of benzene rings is 14. The molecule has 0 atom stereocenters. The molecule has 8 nitrogen and oxygen atoms in total. The van der Waals surface area contributed by atoms with Crippen molar-refractivity contribution >= 4 is 150 Å². The number of thiophene rings is 2. The van der Waals surface area contributed by atoms with E-state index >= 15 is 0 Å². The molecule has 104 heavy (non-hydrogen) atoms. The molecule has 22 aromatic rings. The smallest absolute Gasteiger partial charge is 0.160 e. The summed E-state index contributed by atoms with van der Waals surface area (Å²) in [5.74, 6) is 1.33. The summed E-state index contributed by atoms with van der Waals surface area (Å²) in [4.78, 5) is 30.2. The van der Waals surface area contributed by atoms with Crippen LogP contribution in [-0.2, 0) is 0 Å². The van der Waals surface area contributed by atoms with Crippen molar-refractivity contribution in [2.45, 2.75) is 0 Å². The molecule has 22 rings (SSSR count). The van der Waals surface area contributed by atoms with Crippen LogP contribution in [0.25, 0.3) is 206 Å². The number of nitrogens with zero attached hydrogens (tertiary/aromatic N) is 8. The van der Waals surface area contributed by atoms with Gasteiger partial charge in [-0.3, -0.25) is 9.97 Å². The predicted molar refractivity (Wildman–Crippen MR) is 437 cm³/mol. The standard InChI is InChI=1S/2C47H28N4S/c1-2-13-29(14-3-1)30-15-10-16-31(27-30)43-44-38(23-12-26-48-44)49-47(50-43)32-17-11-18-33(28-32)51-39-24-8-6-21-36(39)41-34-19-4-5-20-35(34)46-42(45(41)51)37-22-7-9-25-40(37)52-46;1-2-12-29(13-3-1)30-23-25-31(26-24-30)43-44-38(20-11-27-48-44)49-47(50-43)32-14-10-15-33(28-32)51-39-21-8-6-18-36(39)41-34-16-4-5-17-35(34)46-42(45(41)51)37-19-7-9-22-40(37)52-46/h2*1-28H. The molecule has 10 heteroatoms. The van der Waals surface area contributed by atoms with Gasteiger partial charge >= 0.3 is 0 Å². The fourth-order valence-electron chi connectivity index (χ4n) is 15.9. The van der Waals surface area contributed by atoms with Crippen molar-refractivity contribution in [3.8, 4) is 78.9 Å². The first-order valence-electron chi connectivity index (χ1n) is 34.9. The first-order valence-corrected chi connectivity index (χ1v) is 36.5. The van der Waals surface area contributed by atoms with Gasteiger partial charge in [-0.25, -0.2) is 19.9 Å². The minimum atomic E-state index is 0.666. The third kappa shape index (κ3) is 9.57. The molecule has 0 fully saturated rings. The third-order valence-electron chi connectivity index (χ3n) is 20.4. The average molecular weight is 1360 g/mol. The van der Waals surface area contributed by atoms with Gasteiger partial charge < -0.3 is 9.13 Å². The van der Waals surface area contributed by atoms with Crippen LogP contribution in [0.5, 0.6) is 0 Å². The minimum Gasteiger partial charge on any atom is -0.309 e. The van der Waals surface area contributed by atoms with E-state index in [9.17, 15) is 0 Å². The zero-order valence-corrected chi connectivity index (χ0v) is 57.4. The Morgan fingerprint density at radius 2 is 0.615 bits per heavy atom. The van der Waals surface area contributed by atoms with E-state index in [1.54, 1.807) is 0 Å². The van der Waals surface area contributed by atoms with Crippen molar-refractivity contribution in [1.29, 1.82) is 0 Å². The molecule has 0 spiro atoms. The zero-order chi connectivity index (χ0) is 68.3. The van der Waals surface area contributed by atoms with E-state index < -0.39 is 0 Å². The van der Waals surface area contributed by atoms with Gasteiger partial charge in [-0.2, -0.15) is 0 Å². The lowest BCUT2D eigenvalue weighted by atomic mass is 10.00. The van der Waals surface area contributed by atoms with E-state index in [2.05, 4.69) is 300 Å². The SMILES string of the molecule is c1ccc(-c2ccc(-c3nc(-c4cccc(-n5c6ccccc6c6c7ccccc7c7sc8ccccc8c7c65)c4)nc4cccnc34)cc2)cc1.c1ccc(-c2cccc(-c3nc(-c4cccc(-n5c6ccccc6c6c7ccccc7c7sc8ccccc8c7c65)c4)nc4cccnc34)c2)cc1. The first-order chi connectivity index (χ1) is 51.6. The van der Waals surface area contributed by atoms with Crippen LogP contribution in [0.3, 0.4) is 0 Å². The highest BCUT2D eigenvalue weighted by Gasteiger charge is 2.26. The molecule has 0 saturated carbocycles. The number of aromatic nitrogens is 8. The van der Waals surface area contributed by atoms with Crippen LogP contribution in [0.1, 0.15) is 0 Å². The number of para-hydroxylation sites is 2. The molecule has 0 saturated heterocycles. The summed E-state index contributed by atoms with van der Waals surface area (Å²) in [6.07, 6.45) is 3.63. The van der Waals surface area contributed by atoms with Crippen LogP contribution in [-0.4, -0.2) is 39.0 Å². The Morgan fingerprint density at radius 1 is 0.240 bits per heavy atom. The van der Waals surface area contributed by atoms with Crippen molar-refractivity contribution in [2.24, 2.45) is 0 Å². The summed E-state index contributed by atoms with van der Waals surface area (Å²) in [7, 11) is 0. The lowest BCUT2D eigenvalue weighted by molar-refractivity contribution is 1.17. The lowest BCUT2D eigenvalue weighted by Crippen LogP contribution is -1.99. The van der Waals surface area contributed by atoms with Gasteiger partial charge in [0.2, 0.25) is 0 Å². The first kappa shape index (κ1) is 59.5. The maximum atomic E-state index is 5.27. The van der Waals surface area contributed by atoms with Crippen LogP contribution < -0.4 is 0 Å². The molecule has 484 valence electrons. The highest BCUT2D eigenvalue weighted by Crippen LogP contribution is 2.51. The Balaban J connectivity index is 0.000000134. The normalized spacial score (nSPS) is 11.8. The fourth-order valence-corrected chi connectivity index (χ4v) is 18.4. The lowest BCUT2D eigenvalue weighted by Gasteiger charge is -2.13. The zero-order valence-electron chi connectivity index (χ0n) is 55.7. The highest BCUT2D eigenvalue weighted by atomic mass is 32.1. The summed E-state index contributed by atoms with van der Waals surface area (Å²) in [5.41, 5.74) is 20.3. The van der Waals surface area contributed by atoms with Crippen molar-refractivity contribution in [3.63, 3.8) is 0 Å². The Bertz CT molecular complexity index is 7240. The summed E-state index contributed by atoms with van der Waals surface area (Å²) < 4.78 is 10.1. The van der Waals surface area contributed by atoms with Crippen LogP contribution in [0.4, 0.5) is 0 Å². The van der Waals surface area contributed by atoms with Gasteiger partial charge in [-0.05, 0) is 112 Å². The second-order valence-electron chi connectivity index (χ2n) is 26.4. The van der Waals surface area contributed by atoms with Crippen molar-refractivity contribution in [2.75, 3.05) is 0 Å². The number of rotatable bonds is 8. The molecule has 0 bridgehead atoms. The van der Waals surface area contributed by atoms with Crippen LogP contribution >= 0.6 is 22.7 Å². The molecule has 0 amide bonds. The topological polar surface area (TPSA) is 87.2 Å². The monoisotopic (exact) mass is 1360 g/mol.